The Balaban J connectivity index is 1.46. The van der Waals surface area contributed by atoms with Crippen molar-refractivity contribution < 1.29 is 9.31 Å². The van der Waals surface area contributed by atoms with Crippen LogP contribution in [-0.4, -0.2) is 18.3 Å². The van der Waals surface area contributed by atoms with Crippen LogP contribution in [0.4, 0.5) is 0 Å². The lowest BCUT2D eigenvalue weighted by Crippen LogP contribution is -2.41. The van der Waals surface area contributed by atoms with Crippen LogP contribution in [0.3, 0.4) is 0 Å². The molecule has 0 bridgehead atoms. The maximum atomic E-state index is 6.41. The second-order valence-electron chi connectivity index (χ2n) is 11.3. The highest BCUT2D eigenvalue weighted by Gasteiger charge is 2.52. The molecular formula is C31H31BO2. The van der Waals surface area contributed by atoms with Gasteiger partial charge in [-0.15, -0.1) is 0 Å². The summed E-state index contributed by atoms with van der Waals surface area (Å²) in [5.41, 5.74) is 8.32. The zero-order valence-electron chi connectivity index (χ0n) is 20.9. The zero-order valence-corrected chi connectivity index (χ0v) is 20.9. The first-order valence-corrected chi connectivity index (χ1v) is 12.2. The molecule has 34 heavy (non-hydrogen) atoms. The molecule has 6 rings (SSSR count). The quantitative estimate of drug-likeness (QED) is 0.306. The molecule has 4 aromatic rings. The van der Waals surface area contributed by atoms with Crippen molar-refractivity contribution in [2.75, 3.05) is 0 Å². The van der Waals surface area contributed by atoms with Gasteiger partial charge in [0.2, 0.25) is 0 Å². The van der Waals surface area contributed by atoms with Gasteiger partial charge in [0.1, 0.15) is 0 Å². The van der Waals surface area contributed by atoms with Gasteiger partial charge in [-0.1, -0.05) is 80.6 Å². The van der Waals surface area contributed by atoms with Gasteiger partial charge in [0.15, 0.2) is 0 Å². The van der Waals surface area contributed by atoms with Crippen molar-refractivity contribution in [3.8, 4) is 22.3 Å². The second-order valence-corrected chi connectivity index (χ2v) is 11.3. The van der Waals surface area contributed by atoms with Crippen molar-refractivity contribution in [3.63, 3.8) is 0 Å². The van der Waals surface area contributed by atoms with Crippen molar-refractivity contribution in [1.29, 1.82) is 0 Å². The molecule has 170 valence electrons. The summed E-state index contributed by atoms with van der Waals surface area (Å²) in [5, 5.41) is 2.38. The molecule has 3 heteroatoms. The lowest BCUT2D eigenvalue weighted by molar-refractivity contribution is 0.00578. The van der Waals surface area contributed by atoms with Gasteiger partial charge >= 0.3 is 7.12 Å². The van der Waals surface area contributed by atoms with Crippen LogP contribution in [0.25, 0.3) is 33.0 Å². The molecule has 1 saturated heterocycles. The predicted molar refractivity (Wildman–Crippen MR) is 143 cm³/mol. The van der Waals surface area contributed by atoms with Crippen molar-refractivity contribution in [2.45, 2.75) is 58.2 Å². The summed E-state index contributed by atoms with van der Waals surface area (Å²) < 4.78 is 12.8. The Bertz CT molecular complexity index is 1430. The van der Waals surface area contributed by atoms with Gasteiger partial charge in [0, 0.05) is 5.41 Å². The Morgan fingerprint density at radius 2 is 1.24 bits per heavy atom. The summed E-state index contributed by atoms with van der Waals surface area (Å²) in [4.78, 5) is 0. The van der Waals surface area contributed by atoms with Crippen molar-refractivity contribution >= 4 is 23.4 Å². The van der Waals surface area contributed by atoms with E-state index in [0.717, 1.165) is 5.46 Å². The molecule has 0 amide bonds. The van der Waals surface area contributed by atoms with Gasteiger partial charge in [-0.2, -0.15) is 0 Å². The van der Waals surface area contributed by atoms with E-state index in [4.69, 9.17) is 9.31 Å². The lowest BCUT2D eigenvalue weighted by Gasteiger charge is -2.32. The van der Waals surface area contributed by atoms with Crippen LogP contribution < -0.4 is 5.46 Å². The third kappa shape index (κ3) is 3.04. The number of fused-ring (bicyclic) bond motifs is 4. The summed E-state index contributed by atoms with van der Waals surface area (Å²) >= 11 is 0. The molecule has 0 unspecified atom stereocenters. The highest BCUT2D eigenvalue weighted by atomic mass is 16.7. The van der Waals surface area contributed by atoms with Crippen LogP contribution in [0.1, 0.15) is 52.7 Å². The molecule has 0 radical (unpaired) electrons. The summed E-state index contributed by atoms with van der Waals surface area (Å²) in [6.45, 7) is 13.1. The van der Waals surface area contributed by atoms with Gasteiger partial charge in [-0.25, -0.2) is 0 Å². The standard InChI is InChI=1S/C31H31BO2/c1-29(2)26-12-8-7-11-23(26)24-17-16-22(19-27(24)29)21-15-14-20-10-9-13-28(25(20)18-21)32-33-30(3,4)31(5,6)34-32/h7-19H,1-6H3. The minimum Gasteiger partial charge on any atom is -0.399 e. The van der Waals surface area contributed by atoms with Crippen molar-refractivity contribution in [1.82, 2.24) is 0 Å². The van der Waals surface area contributed by atoms with Gasteiger partial charge in [-0.05, 0) is 89.4 Å². The van der Waals surface area contributed by atoms with E-state index in [9.17, 15) is 0 Å². The average molecular weight is 446 g/mol. The van der Waals surface area contributed by atoms with E-state index >= 15 is 0 Å². The van der Waals surface area contributed by atoms with Crippen LogP contribution in [0.15, 0.2) is 78.9 Å². The summed E-state index contributed by atoms with van der Waals surface area (Å²) in [7, 11) is -0.377. The van der Waals surface area contributed by atoms with Crippen molar-refractivity contribution in [3.05, 3.63) is 90.0 Å². The predicted octanol–water partition coefficient (Wildman–Crippen LogP) is 7.11. The highest BCUT2D eigenvalue weighted by molar-refractivity contribution is 6.65. The molecule has 0 saturated carbocycles. The van der Waals surface area contributed by atoms with Gasteiger partial charge in [0.05, 0.1) is 11.2 Å². The van der Waals surface area contributed by atoms with E-state index in [0.29, 0.717) is 0 Å². The Hall–Kier alpha value is -2.88. The first-order valence-electron chi connectivity index (χ1n) is 12.2. The fourth-order valence-corrected chi connectivity index (χ4v) is 5.54. The molecule has 1 heterocycles. The maximum Gasteiger partial charge on any atom is 0.495 e. The van der Waals surface area contributed by atoms with Crippen LogP contribution >= 0.6 is 0 Å². The van der Waals surface area contributed by atoms with E-state index < -0.39 is 0 Å². The molecule has 1 aliphatic carbocycles. The molecular weight excluding hydrogens is 415 g/mol. The third-order valence-electron chi connectivity index (χ3n) is 8.34. The molecule has 0 atom stereocenters. The SMILES string of the molecule is CC1(C)c2ccccc2-c2ccc(-c3ccc4cccc(B5OC(C)(C)C(C)(C)O5)c4c3)cc21. The van der Waals surface area contributed by atoms with Crippen LogP contribution in [-0.2, 0) is 14.7 Å². The maximum absolute atomic E-state index is 6.41. The van der Waals surface area contributed by atoms with Crippen molar-refractivity contribution in [2.24, 2.45) is 0 Å². The Kier molecular flexibility index (Phi) is 4.50. The van der Waals surface area contributed by atoms with Gasteiger partial charge in [0.25, 0.3) is 0 Å². The fourth-order valence-electron chi connectivity index (χ4n) is 5.54. The molecule has 2 nitrogen and oxygen atoms in total. The Labute approximate surface area is 203 Å². The van der Waals surface area contributed by atoms with Gasteiger partial charge in [-0.3, -0.25) is 0 Å². The van der Waals surface area contributed by atoms with Gasteiger partial charge < -0.3 is 9.31 Å². The van der Waals surface area contributed by atoms with Crippen LogP contribution in [0.5, 0.6) is 0 Å². The third-order valence-corrected chi connectivity index (χ3v) is 8.34. The molecule has 1 aliphatic heterocycles. The average Bonchev–Trinajstić information content (AvgIpc) is 3.18. The van der Waals surface area contributed by atoms with E-state index in [2.05, 4.69) is 120 Å². The van der Waals surface area contributed by atoms with E-state index in [1.807, 2.05) is 0 Å². The minimum atomic E-state index is -0.377. The van der Waals surface area contributed by atoms with E-state index in [1.165, 1.54) is 44.2 Å². The fraction of sp³-hybridized carbons (Fsp3) is 0.290. The molecule has 0 N–H and O–H groups in total. The molecule has 1 fully saturated rings. The number of benzene rings is 4. The first-order chi connectivity index (χ1) is 16.1. The number of rotatable bonds is 2. The monoisotopic (exact) mass is 446 g/mol. The Morgan fingerprint density at radius 3 is 2.00 bits per heavy atom. The normalized spacial score (nSPS) is 19.3. The van der Waals surface area contributed by atoms with Crippen LogP contribution in [0, 0.1) is 0 Å². The largest absolute Gasteiger partial charge is 0.495 e. The second kappa shape index (κ2) is 7.07. The zero-order chi connectivity index (χ0) is 23.9. The lowest BCUT2D eigenvalue weighted by atomic mass is 9.75. The molecule has 4 aromatic carbocycles. The van der Waals surface area contributed by atoms with Crippen LogP contribution in [0.2, 0.25) is 0 Å². The minimum absolute atomic E-state index is 0.00730. The smallest absolute Gasteiger partial charge is 0.399 e. The Morgan fingerprint density at radius 1 is 0.588 bits per heavy atom. The summed E-state index contributed by atoms with van der Waals surface area (Å²) in [6, 6.07) is 28.9. The number of hydrogen-bond acceptors (Lipinski definition) is 2. The summed E-state index contributed by atoms with van der Waals surface area (Å²) in [6.07, 6.45) is 0. The molecule has 0 aromatic heterocycles. The highest BCUT2D eigenvalue weighted by Crippen LogP contribution is 2.49. The molecule has 2 aliphatic rings. The van der Waals surface area contributed by atoms with E-state index in [-0.39, 0.29) is 23.7 Å². The first kappa shape index (κ1) is 21.6. The summed E-state index contributed by atoms with van der Waals surface area (Å²) in [5.74, 6) is 0. The molecule has 0 spiro atoms. The topological polar surface area (TPSA) is 18.5 Å². The van der Waals surface area contributed by atoms with E-state index in [1.54, 1.807) is 0 Å². The number of hydrogen-bond donors (Lipinski definition) is 0.